The predicted octanol–water partition coefficient (Wildman–Crippen LogP) is 3.75. The number of aromatic nitrogens is 2. The van der Waals surface area contributed by atoms with E-state index in [4.69, 9.17) is 0 Å². The number of ketones is 1. The zero-order valence-corrected chi connectivity index (χ0v) is 19.4. The van der Waals surface area contributed by atoms with Crippen molar-refractivity contribution in [3.63, 3.8) is 0 Å². The Bertz CT molecular complexity index is 1260. The SMILES string of the molecule is CN1/C(=C\C(=O)CSc2nc3ccccc3c(=O)n2CCCO)C(C)(C)c2ccccc21. The Hall–Kier alpha value is -2.90. The molecule has 1 aromatic heterocycles. The number of rotatable bonds is 7. The van der Waals surface area contributed by atoms with Crippen LogP contribution in [0.15, 0.2) is 70.3 Å². The van der Waals surface area contributed by atoms with Crippen LogP contribution in [0.1, 0.15) is 25.8 Å². The molecule has 6 nitrogen and oxygen atoms in total. The van der Waals surface area contributed by atoms with Gasteiger partial charge in [-0.25, -0.2) is 4.98 Å². The number of para-hydroxylation sites is 2. The third-order valence-corrected chi connectivity index (χ3v) is 6.95. The number of aliphatic hydroxyl groups is 1. The molecule has 2 aromatic carbocycles. The highest BCUT2D eigenvalue weighted by Crippen LogP contribution is 2.46. The lowest BCUT2D eigenvalue weighted by Gasteiger charge is -2.24. The maximum atomic E-state index is 13.0. The number of carbonyl (C=O) groups is 1. The van der Waals surface area contributed by atoms with Gasteiger partial charge in [0.2, 0.25) is 0 Å². The largest absolute Gasteiger partial charge is 0.396 e. The summed E-state index contributed by atoms with van der Waals surface area (Å²) >= 11 is 1.26. The van der Waals surface area contributed by atoms with Gasteiger partial charge in [0.05, 0.1) is 16.7 Å². The lowest BCUT2D eigenvalue weighted by molar-refractivity contribution is -0.112. The Morgan fingerprint density at radius 3 is 2.62 bits per heavy atom. The molecule has 0 unspecified atom stereocenters. The van der Waals surface area contributed by atoms with Gasteiger partial charge in [0, 0.05) is 43.1 Å². The molecule has 0 aliphatic carbocycles. The van der Waals surface area contributed by atoms with Crippen LogP contribution >= 0.6 is 11.8 Å². The fraction of sp³-hybridized carbons (Fsp3) is 0.320. The topological polar surface area (TPSA) is 75.4 Å². The zero-order valence-electron chi connectivity index (χ0n) is 18.5. The minimum Gasteiger partial charge on any atom is -0.396 e. The van der Waals surface area contributed by atoms with E-state index in [0.717, 1.165) is 11.4 Å². The van der Waals surface area contributed by atoms with E-state index in [1.807, 2.05) is 31.3 Å². The van der Waals surface area contributed by atoms with Crippen LogP contribution in [-0.2, 0) is 16.8 Å². The molecule has 0 saturated carbocycles. The molecule has 32 heavy (non-hydrogen) atoms. The first-order valence-electron chi connectivity index (χ1n) is 10.7. The van der Waals surface area contributed by atoms with Gasteiger partial charge in [-0.3, -0.25) is 14.2 Å². The van der Waals surface area contributed by atoms with E-state index in [1.165, 1.54) is 17.3 Å². The molecule has 0 amide bonds. The van der Waals surface area contributed by atoms with E-state index in [1.54, 1.807) is 22.8 Å². The molecule has 0 fully saturated rings. The highest BCUT2D eigenvalue weighted by Gasteiger charge is 2.38. The summed E-state index contributed by atoms with van der Waals surface area (Å²) in [5.41, 5.74) is 3.45. The van der Waals surface area contributed by atoms with Crippen molar-refractivity contribution in [2.45, 2.75) is 37.4 Å². The lowest BCUT2D eigenvalue weighted by Crippen LogP contribution is -2.25. The Morgan fingerprint density at radius 1 is 1.16 bits per heavy atom. The normalized spacial score (nSPS) is 16.0. The summed E-state index contributed by atoms with van der Waals surface area (Å²) in [5.74, 6) is 0.141. The average molecular weight is 450 g/mol. The third kappa shape index (κ3) is 3.98. The van der Waals surface area contributed by atoms with Crippen molar-refractivity contribution in [2.24, 2.45) is 0 Å². The van der Waals surface area contributed by atoms with Crippen LogP contribution in [0.3, 0.4) is 0 Å². The van der Waals surface area contributed by atoms with Gasteiger partial charge in [-0.2, -0.15) is 0 Å². The van der Waals surface area contributed by atoms with Crippen molar-refractivity contribution in [3.05, 3.63) is 76.2 Å². The number of hydrogen-bond acceptors (Lipinski definition) is 6. The summed E-state index contributed by atoms with van der Waals surface area (Å²) < 4.78 is 1.56. The monoisotopic (exact) mass is 449 g/mol. The number of fused-ring (bicyclic) bond motifs is 2. The predicted molar refractivity (Wildman–Crippen MR) is 129 cm³/mol. The van der Waals surface area contributed by atoms with Gasteiger partial charge >= 0.3 is 0 Å². The molecule has 1 aliphatic heterocycles. The fourth-order valence-corrected chi connectivity index (χ4v) is 5.12. The van der Waals surface area contributed by atoms with Gasteiger partial charge in [-0.05, 0) is 30.2 Å². The molecule has 4 rings (SSSR count). The maximum Gasteiger partial charge on any atom is 0.262 e. The molecule has 1 N–H and O–H groups in total. The van der Waals surface area contributed by atoms with Gasteiger partial charge < -0.3 is 10.0 Å². The number of allylic oxidation sites excluding steroid dienone is 2. The lowest BCUT2D eigenvalue weighted by atomic mass is 9.83. The van der Waals surface area contributed by atoms with E-state index in [9.17, 15) is 14.7 Å². The highest BCUT2D eigenvalue weighted by atomic mass is 32.2. The Kier molecular flexibility index (Phi) is 6.22. The zero-order chi connectivity index (χ0) is 22.9. The van der Waals surface area contributed by atoms with E-state index in [-0.39, 0.29) is 29.1 Å². The molecule has 0 bridgehead atoms. The number of anilines is 1. The number of hydrogen-bond donors (Lipinski definition) is 1. The van der Waals surface area contributed by atoms with Crippen LogP contribution in [-0.4, -0.2) is 39.8 Å². The second-order valence-corrected chi connectivity index (χ2v) is 9.37. The van der Waals surface area contributed by atoms with E-state index < -0.39 is 0 Å². The summed E-state index contributed by atoms with van der Waals surface area (Å²) in [4.78, 5) is 32.6. The van der Waals surface area contributed by atoms with Crippen LogP contribution in [0.2, 0.25) is 0 Å². The second-order valence-electron chi connectivity index (χ2n) is 8.43. The smallest absolute Gasteiger partial charge is 0.262 e. The van der Waals surface area contributed by atoms with Crippen molar-refractivity contribution >= 4 is 34.1 Å². The molecule has 2 heterocycles. The van der Waals surface area contributed by atoms with Gasteiger partial charge in [-0.1, -0.05) is 55.9 Å². The Balaban J connectivity index is 1.60. The van der Waals surface area contributed by atoms with Crippen LogP contribution in [0.5, 0.6) is 0 Å². The van der Waals surface area contributed by atoms with E-state index in [2.05, 4.69) is 35.9 Å². The molecule has 3 aromatic rings. The van der Waals surface area contributed by atoms with Crippen molar-refractivity contribution in [1.29, 1.82) is 0 Å². The average Bonchev–Trinajstić information content (AvgIpc) is 2.98. The first-order valence-corrected chi connectivity index (χ1v) is 11.6. The molecule has 0 spiro atoms. The van der Waals surface area contributed by atoms with Crippen molar-refractivity contribution in [3.8, 4) is 0 Å². The summed E-state index contributed by atoms with van der Waals surface area (Å²) in [6.07, 6.45) is 2.16. The fourth-order valence-electron chi connectivity index (χ4n) is 4.27. The van der Waals surface area contributed by atoms with Crippen LogP contribution in [0.25, 0.3) is 10.9 Å². The first-order chi connectivity index (χ1) is 15.3. The van der Waals surface area contributed by atoms with Crippen LogP contribution in [0.4, 0.5) is 5.69 Å². The molecule has 1 aliphatic rings. The van der Waals surface area contributed by atoms with Gasteiger partial charge in [0.15, 0.2) is 10.9 Å². The number of nitrogens with zero attached hydrogens (tertiary/aromatic N) is 3. The summed E-state index contributed by atoms with van der Waals surface area (Å²) in [5, 5.41) is 10.3. The summed E-state index contributed by atoms with van der Waals surface area (Å²) in [7, 11) is 1.98. The minimum atomic E-state index is -0.268. The van der Waals surface area contributed by atoms with Crippen LogP contribution in [0, 0.1) is 0 Å². The van der Waals surface area contributed by atoms with Crippen molar-refractivity contribution < 1.29 is 9.90 Å². The van der Waals surface area contributed by atoms with E-state index in [0.29, 0.717) is 29.0 Å². The number of carbonyl (C=O) groups excluding carboxylic acids is 1. The Labute approximate surface area is 191 Å². The summed E-state index contributed by atoms with van der Waals surface area (Å²) in [6, 6.07) is 15.4. The molecule has 0 radical (unpaired) electrons. The number of likely N-dealkylation sites (N-methyl/N-ethyl adjacent to an activating group) is 1. The van der Waals surface area contributed by atoms with Gasteiger partial charge in [-0.15, -0.1) is 0 Å². The van der Waals surface area contributed by atoms with Crippen LogP contribution < -0.4 is 10.5 Å². The first kappa shape index (κ1) is 22.3. The number of aliphatic hydroxyl groups excluding tert-OH is 1. The highest BCUT2D eigenvalue weighted by molar-refractivity contribution is 7.99. The number of benzene rings is 2. The minimum absolute atomic E-state index is 0.0175. The standard InChI is InChI=1S/C25H27N3O3S/c1-25(2)19-10-5-7-12-21(19)27(3)22(25)15-17(30)16-32-24-26-20-11-6-4-9-18(20)23(31)28(24)13-8-14-29/h4-7,9-12,15,29H,8,13-14,16H2,1-3H3/b22-15-. The molecule has 0 atom stereocenters. The summed E-state index contributed by atoms with van der Waals surface area (Å²) in [6.45, 7) is 4.59. The van der Waals surface area contributed by atoms with E-state index >= 15 is 0 Å². The molecule has 166 valence electrons. The molecular formula is C25H27N3O3S. The maximum absolute atomic E-state index is 13.0. The third-order valence-electron chi connectivity index (χ3n) is 5.95. The second kappa shape index (κ2) is 8.92. The Morgan fingerprint density at radius 2 is 1.88 bits per heavy atom. The molecule has 7 heteroatoms. The quantitative estimate of drug-likeness (QED) is 0.336. The van der Waals surface area contributed by atoms with Gasteiger partial charge in [0.25, 0.3) is 5.56 Å². The van der Waals surface area contributed by atoms with Crippen molar-refractivity contribution in [2.75, 3.05) is 24.3 Å². The van der Waals surface area contributed by atoms with Gasteiger partial charge in [0.1, 0.15) is 0 Å². The van der Waals surface area contributed by atoms with Crippen molar-refractivity contribution in [1.82, 2.24) is 9.55 Å². The molecule has 0 saturated heterocycles. The molecular weight excluding hydrogens is 422 g/mol. The number of thioether (sulfide) groups is 1.